The Balaban J connectivity index is 2.50. The van der Waals surface area contributed by atoms with E-state index in [1.165, 1.54) is 18.2 Å². The Labute approximate surface area is 99.7 Å². The first-order chi connectivity index (χ1) is 8.02. The zero-order valence-electron chi connectivity index (χ0n) is 9.68. The van der Waals surface area contributed by atoms with Crippen molar-refractivity contribution < 1.29 is 20.1 Å². The van der Waals surface area contributed by atoms with Crippen molar-refractivity contribution in [1.29, 1.82) is 0 Å². The van der Waals surface area contributed by atoms with E-state index in [9.17, 15) is 15.0 Å². The molecule has 17 heavy (non-hydrogen) atoms. The summed E-state index contributed by atoms with van der Waals surface area (Å²) in [7, 11) is 0. The molecule has 0 saturated carbocycles. The van der Waals surface area contributed by atoms with E-state index in [2.05, 4.69) is 5.32 Å². The number of phenolic OH excluding ortho intramolecular Hbond substituents is 2. The number of hydrogen-bond acceptors (Lipinski definition) is 4. The molecule has 0 fully saturated rings. The third-order valence-corrected chi connectivity index (χ3v) is 2.34. The van der Waals surface area contributed by atoms with Crippen LogP contribution in [0.25, 0.3) is 0 Å². The van der Waals surface area contributed by atoms with Crippen LogP contribution in [0.5, 0.6) is 11.5 Å². The van der Waals surface area contributed by atoms with E-state index in [1.807, 2.05) is 0 Å². The number of nitrogens with one attached hydrogen (secondary N) is 1. The van der Waals surface area contributed by atoms with E-state index in [0.29, 0.717) is 19.4 Å². The predicted octanol–water partition coefficient (Wildman–Crippen LogP) is 0.989. The Morgan fingerprint density at radius 1 is 1.41 bits per heavy atom. The van der Waals surface area contributed by atoms with Crippen molar-refractivity contribution in [3.63, 3.8) is 0 Å². The molecule has 0 aliphatic heterocycles. The fraction of sp³-hybridized carbons (Fsp3) is 0.417. The molecule has 0 bridgehead atoms. The molecule has 4 N–H and O–H groups in total. The molecule has 0 aromatic heterocycles. The fourth-order valence-corrected chi connectivity index (χ4v) is 1.41. The summed E-state index contributed by atoms with van der Waals surface area (Å²) >= 11 is 0. The van der Waals surface area contributed by atoms with Crippen molar-refractivity contribution in [3.8, 4) is 11.5 Å². The smallest absolute Gasteiger partial charge is 0.255 e. The lowest BCUT2D eigenvalue weighted by atomic mass is 10.1. The molecule has 0 aliphatic carbocycles. The lowest BCUT2D eigenvalue weighted by Gasteiger charge is -2.08. The maximum atomic E-state index is 11.6. The monoisotopic (exact) mass is 239 g/mol. The summed E-state index contributed by atoms with van der Waals surface area (Å²) in [4.78, 5) is 11.6. The van der Waals surface area contributed by atoms with E-state index in [0.717, 1.165) is 0 Å². The molecule has 0 saturated heterocycles. The van der Waals surface area contributed by atoms with Gasteiger partial charge >= 0.3 is 0 Å². The Bertz CT molecular complexity index is 390. The average Bonchev–Trinajstić information content (AvgIpc) is 2.27. The van der Waals surface area contributed by atoms with Gasteiger partial charge < -0.3 is 20.6 Å². The highest BCUT2D eigenvalue weighted by atomic mass is 16.3. The van der Waals surface area contributed by atoms with Gasteiger partial charge in [0.1, 0.15) is 0 Å². The van der Waals surface area contributed by atoms with Gasteiger partial charge in [-0.25, -0.2) is 0 Å². The maximum absolute atomic E-state index is 11.6. The highest BCUT2D eigenvalue weighted by molar-refractivity contribution is 5.97. The molecule has 0 heterocycles. The van der Waals surface area contributed by atoms with Gasteiger partial charge in [-0.15, -0.1) is 0 Å². The summed E-state index contributed by atoms with van der Waals surface area (Å²) in [5, 5.41) is 30.3. The third-order valence-electron chi connectivity index (χ3n) is 2.34. The van der Waals surface area contributed by atoms with Gasteiger partial charge in [-0.1, -0.05) is 6.07 Å². The number of phenols is 2. The minimum absolute atomic E-state index is 0.0436. The van der Waals surface area contributed by atoms with Crippen LogP contribution in [0, 0.1) is 0 Å². The molecule has 1 aromatic rings. The number of aliphatic hydroxyl groups is 1. The van der Waals surface area contributed by atoms with Gasteiger partial charge in [0.2, 0.25) is 0 Å². The minimum atomic E-state index is -0.441. The summed E-state index contributed by atoms with van der Waals surface area (Å²) in [5.41, 5.74) is 0.0436. The summed E-state index contributed by atoms with van der Waals surface area (Å²) < 4.78 is 0. The van der Waals surface area contributed by atoms with Crippen LogP contribution < -0.4 is 5.32 Å². The van der Waals surface area contributed by atoms with Crippen LogP contribution in [0.1, 0.15) is 30.1 Å². The zero-order chi connectivity index (χ0) is 12.8. The highest BCUT2D eigenvalue weighted by Gasteiger charge is 2.12. The second kappa shape index (κ2) is 6.10. The Kier molecular flexibility index (Phi) is 4.78. The topological polar surface area (TPSA) is 89.8 Å². The lowest BCUT2D eigenvalue weighted by Crippen LogP contribution is -2.25. The second-order valence-corrected chi connectivity index (χ2v) is 3.92. The molecule has 1 unspecified atom stereocenters. The number of para-hydroxylation sites is 1. The van der Waals surface area contributed by atoms with Gasteiger partial charge in [-0.2, -0.15) is 0 Å². The van der Waals surface area contributed by atoms with Crippen LogP contribution in [0.2, 0.25) is 0 Å². The van der Waals surface area contributed by atoms with Crippen molar-refractivity contribution in [2.45, 2.75) is 25.9 Å². The van der Waals surface area contributed by atoms with Crippen molar-refractivity contribution in [3.05, 3.63) is 23.8 Å². The first-order valence-electron chi connectivity index (χ1n) is 5.49. The number of carbonyl (C=O) groups is 1. The van der Waals surface area contributed by atoms with Gasteiger partial charge in [0.25, 0.3) is 5.91 Å². The van der Waals surface area contributed by atoms with Crippen LogP contribution >= 0.6 is 0 Å². The number of amides is 1. The molecule has 1 amide bonds. The molecular formula is C12H17NO4. The summed E-state index contributed by atoms with van der Waals surface area (Å²) in [6.45, 7) is 2.10. The van der Waals surface area contributed by atoms with Gasteiger partial charge in [-0.3, -0.25) is 4.79 Å². The number of carbonyl (C=O) groups excluding carboxylic acids is 1. The molecular weight excluding hydrogens is 222 g/mol. The molecule has 5 heteroatoms. The molecule has 1 aromatic carbocycles. The van der Waals surface area contributed by atoms with Crippen LogP contribution in [0.15, 0.2) is 18.2 Å². The maximum Gasteiger partial charge on any atom is 0.255 e. The largest absolute Gasteiger partial charge is 0.504 e. The quantitative estimate of drug-likeness (QED) is 0.455. The number of aliphatic hydroxyl groups excluding tert-OH is 1. The van der Waals surface area contributed by atoms with E-state index < -0.39 is 11.7 Å². The SMILES string of the molecule is CC(O)CCCNC(=O)c1cccc(O)c1O. The molecule has 0 radical (unpaired) electrons. The van der Waals surface area contributed by atoms with Gasteiger partial charge in [-0.05, 0) is 31.9 Å². The van der Waals surface area contributed by atoms with Crippen LogP contribution in [0.3, 0.4) is 0 Å². The normalized spacial score (nSPS) is 12.1. The van der Waals surface area contributed by atoms with E-state index in [4.69, 9.17) is 5.11 Å². The van der Waals surface area contributed by atoms with Crippen LogP contribution in [0.4, 0.5) is 0 Å². The standard InChI is InChI=1S/C12H17NO4/c1-8(14)4-3-7-13-12(17)9-5-2-6-10(15)11(9)16/h2,5-6,8,14-16H,3-4,7H2,1H3,(H,13,17). The zero-order valence-corrected chi connectivity index (χ0v) is 9.68. The summed E-state index contributed by atoms with van der Waals surface area (Å²) in [6.07, 6.45) is 0.871. The predicted molar refractivity (Wildman–Crippen MR) is 63.0 cm³/mol. The Morgan fingerprint density at radius 2 is 2.12 bits per heavy atom. The Morgan fingerprint density at radius 3 is 2.76 bits per heavy atom. The van der Waals surface area contributed by atoms with Crippen molar-refractivity contribution in [2.75, 3.05) is 6.54 Å². The fourth-order valence-electron chi connectivity index (χ4n) is 1.41. The Hall–Kier alpha value is -1.75. The van der Waals surface area contributed by atoms with Crippen molar-refractivity contribution in [2.24, 2.45) is 0 Å². The summed E-state index contributed by atoms with van der Waals surface area (Å²) in [5.74, 6) is -1.17. The molecule has 0 spiro atoms. The number of rotatable bonds is 5. The van der Waals surface area contributed by atoms with Crippen molar-refractivity contribution >= 4 is 5.91 Å². The lowest BCUT2D eigenvalue weighted by molar-refractivity contribution is 0.0946. The van der Waals surface area contributed by atoms with Crippen LogP contribution in [-0.2, 0) is 0 Å². The number of benzene rings is 1. The third kappa shape index (κ3) is 3.96. The number of hydrogen-bond donors (Lipinski definition) is 4. The highest BCUT2D eigenvalue weighted by Crippen LogP contribution is 2.27. The van der Waals surface area contributed by atoms with E-state index in [1.54, 1.807) is 6.92 Å². The van der Waals surface area contributed by atoms with Crippen molar-refractivity contribution in [1.82, 2.24) is 5.32 Å². The molecule has 1 rings (SSSR count). The van der Waals surface area contributed by atoms with Gasteiger partial charge in [0, 0.05) is 6.54 Å². The van der Waals surface area contributed by atoms with E-state index >= 15 is 0 Å². The van der Waals surface area contributed by atoms with E-state index in [-0.39, 0.29) is 17.4 Å². The first-order valence-corrected chi connectivity index (χ1v) is 5.49. The van der Waals surface area contributed by atoms with Gasteiger partial charge in [0.05, 0.1) is 11.7 Å². The molecule has 94 valence electrons. The molecule has 5 nitrogen and oxygen atoms in total. The second-order valence-electron chi connectivity index (χ2n) is 3.92. The number of aromatic hydroxyl groups is 2. The first kappa shape index (κ1) is 13.3. The molecule has 0 aliphatic rings. The summed E-state index contributed by atoms with van der Waals surface area (Å²) in [6, 6.07) is 4.22. The minimum Gasteiger partial charge on any atom is -0.504 e. The average molecular weight is 239 g/mol. The van der Waals surface area contributed by atoms with Crippen LogP contribution in [-0.4, -0.2) is 33.9 Å². The molecule has 1 atom stereocenters. The van der Waals surface area contributed by atoms with Gasteiger partial charge in [0.15, 0.2) is 11.5 Å².